The van der Waals surface area contributed by atoms with Crippen LogP contribution in [0.2, 0.25) is 0 Å². The zero-order chi connectivity index (χ0) is 15.3. The fourth-order valence-corrected chi connectivity index (χ4v) is 2.82. The highest BCUT2D eigenvalue weighted by Gasteiger charge is 2.31. The average molecular weight is 288 g/mol. The van der Waals surface area contributed by atoms with Crippen molar-refractivity contribution in [3.8, 4) is 0 Å². The van der Waals surface area contributed by atoms with Crippen LogP contribution in [0.5, 0.6) is 0 Å². The van der Waals surface area contributed by atoms with Gasteiger partial charge in [0.1, 0.15) is 0 Å². The minimum Gasteiger partial charge on any atom is -0.351 e. The van der Waals surface area contributed by atoms with Gasteiger partial charge in [0.15, 0.2) is 0 Å². The molecule has 0 radical (unpaired) electrons. The lowest BCUT2D eigenvalue weighted by atomic mass is 9.76. The molecule has 0 aliphatic heterocycles. The summed E-state index contributed by atoms with van der Waals surface area (Å²) in [5.41, 5.74) is 1.20. The molecule has 1 aromatic rings. The summed E-state index contributed by atoms with van der Waals surface area (Å²) in [4.78, 5) is 12.1. The number of amides is 1. The van der Waals surface area contributed by atoms with E-state index < -0.39 is 0 Å². The molecule has 0 saturated heterocycles. The summed E-state index contributed by atoms with van der Waals surface area (Å²) < 4.78 is 0. The van der Waals surface area contributed by atoms with Crippen LogP contribution in [-0.4, -0.2) is 25.0 Å². The summed E-state index contributed by atoms with van der Waals surface area (Å²) in [6, 6.07) is 10.6. The first-order valence-corrected chi connectivity index (χ1v) is 8.09. The summed E-state index contributed by atoms with van der Waals surface area (Å²) in [5.74, 6) is 0.909. The largest absolute Gasteiger partial charge is 0.351 e. The van der Waals surface area contributed by atoms with Gasteiger partial charge in [-0.15, -0.1) is 0 Å². The molecule has 1 atom stereocenters. The Hall–Kier alpha value is -1.35. The van der Waals surface area contributed by atoms with Crippen molar-refractivity contribution >= 4 is 5.91 Å². The van der Waals surface area contributed by atoms with Crippen molar-refractivity contribution in [2.24, 2.45) is 5.92 Å². The lowest BCUT2D eigenvalue weighted by molar-refractivity contribution is -0.121. The number of rotatable bonds is 8. The topological polar surface area (TPSA) is 41.1 Å². The van der Waals surface area contributed by atoms with E-state index in [1.54, 1.807) is 0 Å². The maximum Gasteiger partial charge on any atom is 0.234 e. The SMILES string of the molecule is CCC(NC(=O)CNCC1CC1)C(C)(C)c1ccccc1. The molecular formula is C18H28N2O. The monoisotopic (exact) mass is 288 g/mol. The van der Waals surface area contributed by atoms with Gasteiger partial charge in [0, 0.05) is 11.5 Å². The van der Waals surface area contributed by atoms with E-state index in [0.717, 1.165) is 18.9 Å². The Morgan fingerprint density at radius 3 is 2.52 bits per heavy atom. The van der Waals surface area contributed by atoms with E-state index in [4.69, 9.17) is 0 Å². The molecule has 0 aromatic heterocycles. The second kappa shape index (κ2) is 7.08. The first-order valence-electron chi connectivity index (χ1n) is 8.09. The van der Waals surface area contributed by atoms with Crippen molar-refractivity contribution in [1.29, 1.82) is 0 Å². The molecule has 1 aliphatic carbocycles. The van der Waals surface area contributed by atoms with Crippen molar-refractivity contribution in [2.45, 2.75) is 51.5 Å². The molecule has 1 unspecified atom stereocenters. The molecule has 2 N–H and O–H groups in total. The quantitative estimate of drug-likeness (QED) is 0.772. The van der Waals surface area contributed by atoms with E-state index in [0.29, 0.717) is 6.54 Å². The van der Waals surface area contributed by atoms with Gasteiger partial charge >= 0.3 is 0 Å². The first kappa shape index (κ1) is 16.0. The van der Waals surface area contributed by atoms with E-state index in [-0.39, 0.29) is 17.4 Å². The number of carbonyl (C=O) groups excluding carboxylic acids is 1. The number of hydrogen-bond acceptors (Lipinski definition) is 2. The fraction of sp³-hybridized carbons (Fsp3) is 0.611. The van der Waals surface area contributed by atoms with E-state index in [2.05, 4.69) is 55.7 Å². The first-order chi connectivity index (χ1) is 10.0. The van der Waals surface area contributed by atoms with Crippen molar-refractivity contribution in [3.05, 3.63) is 35.9 Å². The number of hydrogen-bond donors (Lipinski definition) is 2. The van der Waals surface area contributed by atoms with Gasteiger partial charge in [-0.2, -0.15) is 0 Å². The predicted octanol–water partition coefficient (Wildman–Crippen LogP) is 2.86. The molecule has 0 heterocycles. The van der Waals surface area contributed by atoms with Gasteiger partial charge in [0.25, 0.3) is 0 Å². The zero-order valence-corrected chi connectivity index (χ0v) is 13.5. The van der Waals surface area contributed by atoms with Crippen molar-refractivity contribution < 1.29 is 4.79 Å². The Morgan fingerprint density at radius 1 is 1.29 bits per heavy atom. The van der Waals surface area contributed by atoms with Crippen LogP contribution in [0.25, 0.3) is 0 Å². The van der Waals surface area contributed by atoms with Crippen molar-refractivity contribution in [3.63, 3.8) is 0 Å². The third kappa shape index (κ3) is 4.57. The summed E-state index contributed by atoms with van der Waals surface area (Å²) >= 11 is 0. The second-order valence-corrected chi connectivity index (χ2v) is 6.69. The van der Waals surface area contributed by atoms with Crippen LogP contribution in [0.4, 0.5) is 0 Å². The Kier molecular flexibility index (Phi) is 5.40. The average Bonchev–Trinajstić information content (AvgIpc) is 3.29. The highest BCUT2D eigenvalue weighted by molar-refractivity contribution is 5.78. The van der Waals surface area contributed by atoms with Gasteiger partial charge in [-0.25, -0.2) is 0 Å². The Morgan fingerprint density at radius 2 is 1.95 bits per heavy atom. The molecule has 1 aromatic carbocycles. The minimum atomic E-state index is -0.0673. The lowest BCUT2D eigenvalue weighted by Crippen LogP contribution is -2.49. The summed E-state index contributed by atoms with van der Waals surface area (Å²) in [5, 5.41) is 6.45. The number of carbonyl (C=O) groups is 1. The predicted molar refractivity (Wildman–Crippen MR) is 87.3 cm³/mol. The summed E-state index contributed by atoms with van der Waals surface area (Å²) in [6.45, 7) is 7.94. The van der Waals surface area contributed by atoms with Gasteiger partial charge in [-0.1, -0.05) is 51.1 Å². The van der Waals surface area contributed by atoms with Crippen LogP contribution in [-0.2, 0) is 10.2 Å². The van der Waals surface area contributed by atoms with Gasteiger partial charge in [0.2, 0.25) is 5.91 Å². The molecule has 1 aliphatic rings. The van der Waals surface area contributed by atoms with Crippen LogP contribution < -0.4 is 10.6 Å². The maximum absolute atomic E-state index is 12.1. The van der Waals surface area contributed by atoms with Crippen molar-refractivity contribution in [1.82, 2.24) is 10.6 Å². The minimum absolute atomic E-state index is 0.0673. The summed E-state index contributed by atoms with van der Waals surface area (Å²) in [6.07, 6.45) is 3.55. The molecule has 21 heavy (non-hydrogen) atoms. The van der Waals surface area contributed by atoms with E-state index in [1.807, 2.05) is 6.07 Å². The molecule has 1 fully saturated rings. The molecule has 2 rings (SSSR count). The lowest BCUT2D eigenvalue weighted by Gasteiger charge is -2.35. The molecule has 1 amide bonds. The van der Waals surface area contributed by atoms with Gasteiger partial charge < -0.3 is 10.6 Å². The van der Waals surface area contributed by atoms with Gasteiger partial charge in [-0.3, -0.25) is 4.79 Å². The molecule has 0 bridgehead atoms. The standard InChI is InChI=1S/C18H28N2O/c1-4-16(18(2,3)15-8-6-5-7-9-15)20-17(21)13-19-12-14-10-11-14/h5-9,14,16,19H,4,10-13H2,1-3H3,(H,20,21). The third-order valence-corrected chi connectivity index (χ3v) is 4.55. The number of nitrogens with one attached hydrogen (secondary N) is 2. The van der Waals surface area contributed by atoms with Crippen LogP contribution in [0.3, 0.4) is 0 Å². The van der Waals surface area contributed by atoms with E-state index >= 15 is 0 Å². The van der Waals surface area contributed by atoms with Crippen LogP contribution >= 0.6 is 0 Å². The smallest absolute Gasteiger partial charge is 0.234 e. The Balaban J connectivity index is 1.89. The van der Waals surface area contributed by atoms with Gasteiger partial charge in [-0.05, 0) is 37.3 Å². The second-order valence-electron chi connectivity index (χ2n) is 6.69. The van der Waals surface area contributed by atoms with E-state index in [9.17, 15) is 4.79 Å². The van der Waals surface area contributed by atoms with Crippen LogP contribution in [0, 0.1) is 5.92 Å². The highest BCUT2D eigenvalue weighted by Crippen LogP contribution is 2.29. The van der Waals surface area contributed by atoms with E-state index in [1.165, 1.54) is 18.4 Å². The van der Waals surface area contributed by atoms with Crippen molar-refractivity contribution in [2.75, 3.05) is 13.1 Å². The number of benzene rings is 1. The normalized spacial score (nSPS) is 16.5. The fourth-order valence-electron chi connectivity index (χ4n) is 2.82. The molecule has 3 nitrogen and oxygen atoms in total. The molecular weight excluding hydrogens is 260 g/mol. The Labute approximate surface area is 128 Å². The highest BCUT2D eigenvalue weighted by atomic mass is 16.2. The maximum atomic E-state index is 12.1. The molecule has 0 spiro atoms. The van der Waals surface area contributed by atoms with Crippen LogP contribution in [0.15, 0.2) is 30.3 Å². The molecule has 1 saturated carbocycles. The van der Waals surface area contributed by atoms with Crippen LogP contribution in [0.1, 0.15) is 45.6 Å². The summed E-state index contributed by atoms with van der Waals surface area (Å²) in [7, 11) is 0. The molecule has 3 heteroatoms. The Bertz CT molecular complexity index is 452. The third-order valence-electron chi connectivity index (χ3n) is 4.55. The zero-order valence-electron chi connectivity index (χ0n) is 13.5. The molecule has 116 valence electrons. The van der Waals surface area contributed by atoms with Gasteiger partial charge in [0.05, 0.1) is 6.54 Å².